The number of rotatable bonds is 7. The van der Waals surface area contributed by atoms with E-state index < -0.39 is 16.7 Å². The summed E-state index contributed by atoms with van der Waals surface area (Å²) in [5.41, 5.74) is 5.59. The van der Waals surface area contributed by atoms with Crippen molar-refractivity contribution >= 4 is 10.0 Å². The van der Waals surface area contributed by atoms with Gasteiger partial charge in [-0.1, -0.05) is 12.8 Å². The van der Waals surface area contributed by atoms with Crippen LogP contribution in [0.15, 0.2) is 0 Å². The molecule has 0 bridgehead atoms. The van der Waals surface area contributed by atoms with Gasteiger partial charge in [0.1, 0.15) is 0 Å². The Morgan fingerprint density at radius 1 is 1.38 bits per heavy atom. The molecule has 96 valence electrons. The first-order chi connectivity index (χ1) is 7.59. The molecule has 16 heavy (non-hydrogen) atoms. The summed E-state index contributed by atoms with van der Waals surface area (Å²) in [6.45, 7) is -0.281. The molecule has 1 atom stereocenters. The molecule has 0 aliphatic heterocycles. The van der Waals surface area contributed by atoms with Gasteiger partial charge in [-0.05, 0) is 25.2 Å². The zero-order valence-corrected chi connectivity index (χ0v) is 10.3. The predicted molar refractivity (Wildman–Crippen MR) is 62.3 cm³/mol. The summed E-state index contributed by atoms with van der Waals surface area (Å²) in [6.07, 6.45) is 4.42. The maximum absolute atomic E-state index is 11.9. The minimum Gasteiger partial charge on any atom is -0.329 e. The van der Waals surface area contributed by atoms with Crippen LogP contribution in [-0.4, -0.2) is 33.4 Å². The van der Waals surface area contributed by atoms with Crippen molar-refractivity contribution < 1.29 is 12.8 Å². The molecule has 0 aromatic heterocycles. The van der Waals surface area contributed by atoms with Crippen molar-refractivity contribution in [1.82, 2.24) is 4.72 Å². The highest BCUT2D eigenvalue weighted by Crippen LogP contribution is 2.27. The quantitative estimate of drug-likeness (QED) is 0.703. The van der Waals surface area contributed by atoms with Crippen LogP contribution in [0.4, 0.5) is 4.39 Å². The van der Waals surface area contributed by atoms with Crippen molar-refractivity contribution in [2.24, 2.45) is 11.7 Å². The zero-order chi connectivity index (χ0) is 12.0. The highest BCUT2D eigenvalue weighted by atomic mass is 32.2. The van der Waals surface area contributed by atoms with Crippen LogP contribution in [0.25, 0.3) is 0 Å². The molecular formula is C10H21FN2O2S. The summed E-state index contributed by atoms with van der Waals surface area (Å²) < 4.78 is 37.7. The first-order valence-corrected chi connectivity index (χ1v) is 7.50. The minimum absolute atomic E-state index is 0.0529. The van der Waals surface area contributed by atoms with E-state index in [1.165, 1.54) is 0 Å². The van der Waals surface area contributed by atoms with Crippen LogP contribution in [0.5, 0.6) is 0 Å². The Balaban J connectivity index is 2.48. The Morgan fingerprint density at radius 2 is 2.00 bits per heavy atom. The zero-order valence-electron chi connectivity index (χ0n) is 9.49. The lowest BCUT2D eigenvalue weighted by Gasteiger charge is -2.22. The Labute approximate surface area is 96.8 Å². The SMILES string of the molecule is NCC(NS(=O)(=O)CCCF)C1CCCC1. The molecule has 1 aliphatic carbocycles. The van der Waals surface area contributed by atoms with Crippen LogP contribution in [0.2, 0.25) is 0 Å². The van der Waals surface area contributed by atoms with Crippen molar-refractivity contribution in [1.29, 1.82) is 0 Å². The molecule has 1 aliphatic rings. The van der Waals surface area contributed by atoms with E-state index in [0.717, 1.165) is 25.7 Å². The molecule has 1 rings (SSSR count). The van der Waals surface area contributed by atoms with Gasteiger partial charge in [-0.25, -0.2) is 13.1 Å². The molecule has 0 amide bonds. The van der Waals surface area contributed by atoms with Crippen LogP contribution >= 0.6 is 0 Å². The molecule has 3 N–H and O–H groups in total. The van der Waals surface area contributed by atoms with E-state index in [1.54, 1.807) is 0 Å². The second-order valence-electron chi connectivity index (χ2n) is 4.37. The average Bonchev–Trinajstić information content (AvgIpc) is 2.76. The lowest BCUT2D eigenvalue weighted by atomic mass is 9.99. The molecule has 6 heteroatoms. The van der Waals surface area contributed by atoms with Gasteiger partial charge in [0.15, 0.2) is 0 Å². The molecule has 1 saturated carbocycles. The highest BCUT2D eigenvalue weighted by molar-refractivity contribution is 7.89. The Bertz CT molecular complexity index is 289. The smallest absolute Gasteiger partial charge is 0.211 e. The second-order valence-corrected chi connectivity index (χ2v) is 6.24. The summed E-state index contributed by atoms with van der Waals surface area (Å²) in [4.78, 5) is 0. The van der Waals surface area contributed by atoms with Crippen molar-refractivity contribution in [3.63, 3.8) is 0 Å². The number of alkyl halides is 1. The molecule has 0 saturated heterocycles. The Kier molecular flexibility index (Phi) is 5.64. The van der Waals surface area contributed by atoms with Crippen molar-refractivity contribution in [2.75, 3.05) is 19.0 Å². The van der Waals surface area contributed by atoms with Crippen molar-refractivity contribution in [3.8, 4) is 0 Å². The fourth-order valence-electron chi connectivity index (χ4n) is 2.23. The van der Waals surface area contributed by atoms with Gasteiger partial charge < -0.3 is 5.73 Å². The largest absolute Gasteiger partial charge is 0.329 e. The Hall–Kier alpha value is -0.200. The summed E-state index contributed by atoms with van der Waals surface area (Å²) in [6, 6.07) is -0.174. The maximum Gasteiger partial charge on any atom is 0.211 e. The van der Waals surface area contributed by atoms with E-state index in [9.17, 15) is 12.8 Å². The molecule has 0 heterocycles. The lowest BCUT2D eigenvalue weighted by molar-refractivity contribution is 0.404. The third kappa shape index (κ3) is 4.35. The third-order valence-electron chi connectivity index (χ3n) is 3.10. The highest BCUT2D eigenvalue weighted by Gasteiger charge is 2.27. The molecule has 1 unspecified atom stereocenters. The fraction of sp³-hybridized carbons (Fsp3) is 1.00. The summed E-state index contributed by atoms with van der Waals surface area (Å²) in [5, 5.41) is 0. The minimum atomic E-state index is -3.36. The van der Waals surface area contributed by atoms with Gasteiger partial charge >= 0.3 is 0 Å². The number of hydrogen-bond donors (Lipinski definition) is 2. The molecular weight excluding hydrogens is 231 g/mol. The van der Waals surface area contributed by atoms with Gasteiger partial charge in [0, 0.05) is 12.6 Å². The van der Waals surface area contributed by atoms with Crippen LogP contribution in [-0.2, 0) is 10.0 Å². The van der Waals surface area contributed by atoms with Crippen LogP contribution in [0, 0.1) is 5.92 Å². The van der Waals surface area contributed by atoms with E-state index in [0.29, 0.717) is 12.5 Å². The van der Waals surface area contributed by atoms with Crippen LogP contribution < -0.4 is 10.5 Å². The van der Waals surface area contributed by atoms with Crippen molar-refractivity contribution in [2.45, 2.75) is 38.1 Å². The number of halogens is 1. The molecule has 0 radical (unpaired) electrons. The maximum atomic E-state index is 11.9. The van der Waals surface area contributed by atoms with Crippen LogP contribution in [0.1, 0.15) is 32.1 Å². The molecule has 0 spiro atoms. The summed E-state index contributed by atoms with van der Waals surface area (Å²) in [5.74, 6) is 0.206. The van der Waals surface area contributed by atoms with Gasteiger partial charge in [0.05, 0.1) is 12.4 Å². The molecule has 1 fully saturated rings. The third-order valence-corrected chi connectivity index (χ3v) is 4.59. The molecule has 0 aromatic carbocycles. The number of nitrogens with one attached hydrogen (secondary N) is 1. The second kappa shape index (κ2) is 6.51. The molecule has 0 aromatic rings. The first kappa shape index (κ1) is 13.9. The topological polar surface area (TPSA) is 72.2 Å². The molecule has 4 nitrogen and oxygen atoms in total. The summed E-state index contributed by atoms with van der Waals surface area (Å²) >= 11 is 0. The van der Waals surface area contributed by atoms with Crippen molar-refractivity contribution in [3.05, 3.63) is 0 Å². The van der Waals surface area contributed by atoms with E-state index in [2.05, 4.69) is 4.72 Å². The first-order valence-electron chi connectivity index (χ1n) is 5.85. The van der Waals surface area contributed by atoms with E-state index >= 15 is 0 Å². The fourth-order valence-corrected chi connectivity index (χ4v) is 3.59. The van der Waals surface area contributed by atoms with Gasteiger partial charge in [-0.3, -0.25) is 4.39 Å². The standard InChI is InChI=1S/C10H21FN2O2S/c11-6-3-7-16(14,15)13-10(8-12)9-4-1-2-5-9/h9-10,13H,1-8,12H2. The van der Waals surface area contributed by atoms with Crippen LogP contribution in [0.3, 0.4) is 0 Å². The lowest BCUT2D eigenvalue weighted by Crippen LogP contribution is -2.45. The normalized spacial score (nSPS) is 20.1. The predicted octanol–water partition coefficient (Wildman–Crippen LogP) is 0.783. The number of sulfonamides is 1. The van der Waals surface area contributed by atoms with Gasteiger partial charge in [-0.2, -0.15) is 0 Å². The number of nitrogens with two attached hydrogens (primary N) is 1. The van der Waals surface area contributed by atoms with E-state index in [4.69, 9.17) is 5.73 Å². The van der Waals surface area contributed by atoms with Gasteiger partial charge in [0.2, 0.25) is 10.0 Å². The Morgan fingerprint density at radius 3 is 2.50 bits per heavy atom. The summed E-state index contributed by atoms with van der Waals surface area (Å²) in [7, 11) is -3.36. The van der Waals surface area contributed by atoms with Gasteiger partial charge in [0.25, 0.3) is 0 Å². The van der Waals surface area contributed by atoms with E-state index in [-0.39, 0.29) is 18.2 Å². The van der Waals surface area contributed by atoms with E-state index in [1.807, 2.05) is 0 Å². The monoisotopic (exact) mass is 252 g/mol. The number of hydrogen-bond acceptors (Lipinski definition) is 3. The van der Waals surface area contributed by atoms with Gasteiger partial charge in [-0.15, -0.1) is 0 Å². The average molecular weight is 252 g/mol.